The number of carbonyl (C=O) groups is 1. The predicted molar refractivity (Wildman–Crippen MR) is 73.5 cm³/mol. The molecule has 0 saturated carbocycles. The minimum atomic E-state index is -0.304. The van der Waals surface area contributed by atoms with Crippen molar-refractivity contribution in [2.75, 3.05) is 6.54 Å². The van der Waals surface area contributed by atoms with Gasteiger partial charge in [-0.05, 0) is 37.6 Å². The van der Waals surface area contributed by atoms with Crippen LogP contribution in [0.4, 0.5) is 4.39 Å². The lowest BCUT2D eigenvalue weighted by atomic mass is 10.1. The molecule has 0 bridgehead atoms. The lowest BCUT2D eigenvalue weighted by Crippen LogP contribution is -2.23. The molecule has 18 heavy (non-hydrogen) atoms. The zero-order chi connectivity index (χ0) is 13.4. The van der Waals surface area contributed by atoms with Crippen LogP contribution in [0.15, 0.2) is 22.7 Å². The van der Waals surface area contributed by atoms with E-state index in [2.05, 4.69) is 21.2 Å². The first kappa shape index (κ1) is 15.1. The van der Waals surface area contributed by atoms with Crippen LogP contribution in [-0.2, 0) is 11.3 Å². The molecule has 0 unspecified atom stereocenters. The number of rotatable bonds is 7. The van der Waals surface area contributed by atoms with Crippen LogP contribution in [-0.4, -0.2) is 12.5 Å². The van der Waals surface area contributed by atoms with Crippen LogP contribution in [0.25, 0.3) is 0 Å². The van der Waals surface area contributed by atoms with Crippen molar-refractivity contribution in [2.45, 2.75) is 32.2 Å². The summed E-state index contributed by atoms with van der Waals surface area (Å²) in [5, 5.41) is 2.71. The highest BCUT2D eigenvalue weighted by molar-refractivity contribution is 9.10. The van der Waals surface area contributed by atoms with Crippen molar-refractivity contribution in [3.8, 4) is 0 Å². The van der Waals surface area contributed by atoms with Gasteiger partial charge in [0.05, 0.1) is 0 Å². The fourth-order valence-corrected chi connectivity index (χ4v) is 1.98. The minimum absolute atomic E-state index is 0.0496. The van der Waals surface area contributed by atoms with E-state index in [9.17, 15) is 9.18 Å². The number of benzene rings is 1. The molecular weight excluding hydrogens is 299 g/mol. The van der Waals surface area contributed by atoms with E-state index in [0.29, 0.717) is 18.5 Å². The van der Waals surface area contributed by atoms with E-state index in [4.69, 9.17) is 5.73 Å². The Morgan fingerprint density at radius 3 is 2.83 bits per heavy atom. The van der Waals surface area contributed by atoms with E-state index in [1.54, 1.807) is 12.1 Å². The molecule has 100 valence electrons. The summed E-state index contributed by atoms with van der Waals surface area (Å²) in [7, 11) is 0. The number of hydrogen-bond donors (Lipinski definition) is 2. The Bertz CT molecular complexity index is 399. The van der Waals surface area contributed by atoms with Crippen molar-refractivity contribution in [1.29, 1.82) is 0 Å². The van der Waals surface area contributed by atoms with E-state index in [1.165, 1.54) is 6.07 Å². The molecule has 1 amide bonds. The third kappa shape index (κ3) is 5.60. The van der Waals surface area contributed by atoms with Crippen molar-refractivity contribution in [1.82, 2.24) is 5.32 Å². The number of carbonyl (C=O) groups excluding carboxylic acids is 1. The Morgan fingerprint density at radius 1 is 1.33 bits per heavy atom. The maximum atomic E-state index is 13.4. The quantitative estimate of drug-likeness (QED) is 0.760. The summed E-state index contributed by atoms with van der Waals surface area (Å²) < 4.78 is 14.2. The average Bonchev–Trinajstić information content (AvgIpc) is 2.36. The van der Waals surface area contributed by atoms with E-state index < -0.39 is 0 Å². The maximum Gasteiger partial charge on any atom is 0.220 e. The number of unbranched alkanes of at least 4 members (excludes halogenated alkanes) is 2. The molecule has 0 aliphatic rings. The molecule has 5 heteroatoms. The Kier molecular flexibility index (Phi) is 6.90. The summed E-state index contributed by atoms with van der Waals surface area (Å²) in [4.78, 5) is 11.5. The highest BCUT2D eigenvalue weighted by atomic mass is 79.9. The molecule has 0 heterocycles. The minimum Gasteiger partial charge on any atom is -0.352 e. The Hall–Kier alpha value is -0.940. The molecular formula is C13H18BrFN2O. The first-order valence-corrected chi connectivity index (χ1v) is 6.83. The molecule has 1 aromatic rings. The second-order valence-corrected chi connectivity index (χ2v) is 5.03. The van der Waals surface area contributed by atoms with E-state index >= 15 is 0 Å². The van der Waals surface area contributed by atoms with Crippen LogP contribution in [0.1, 0.15) is 31.2 Å². The summed E-state index contributed by atoms with van der Waals surface area (Å²) in [5.41, 5.74) is 5.85. The SMILES string of the molecule is NCCCCCC(=O)NCc1cc(Br)ccc1F. The van der Waals surface area contributed by atoms with Gasteiger partial charge in [0.15, 0.2) is 0 Å². The topological polar surface area (TPSA) is 55.1 Å². The van der Waals surface area contributed by atoms with Crippen molar-refractivity contribution in [2.24, 2.45) is 5.73 Å². The highest BCUT2D eigenvalue weighted by Crippen LogP contribution is 2.15. The third-order valence-corrected chi connectivity index (χ3v) is 3.08. The maximum absolute atomic E-state index is 13.4. The van der Waals surface area contributed by atoms with E-state index in [-0.39, 0.29) is 18.3 Å². The summed E-state index contributed by atoms with van der Waals surface area (Å²) >= 11 is 3.27. The Morgan fingerprint density at radius 2 is 2.11 bits per heavy atom. The lowest BCUT2D eigenvalue weighted by molar-refractivity contribution is -0.121. The summed E-state index contributed by atoms with van der Waals surface area (Å²) in [6.07, 6.45) is 3.18. The van der Waals surface area contributed by atoms with Crippen LogP contribution >= 0.6 is 15.9 Å². The molecule has 3 nitrogen and oxygen atoms in total. The number of nitrogens with one attached hydrogen (secondary N) is 1. The van der Waals surface area contributed by atoms with Crippen LogP contribution in [0.2, 0.25) is 0 Å². The monoisotopic (exact) mass is 316 g/mol. The fourth-order valence-electron chi connectivity index (χ4n) is 1.57. The molecule has 0 aliphatic carbocycles. The highest BCUT2D eigenvalue weighted by Gasteiger charge is 2.05. The third-order valence-electron chi connectivity index (χ3n) is 2.59. The first-order chi connectivity index (χ1) is 8.63. The van der Waals surface area contributed by atoms with Crippen LogP contribution in [0.3, 0.4) is 0 Å². The largest absolute Gasteiger partial charge is 0.352 e. The zero-order valence-electron chi connectivity index (χ0n) is 10.2. The Balaban J connectivity index is 2.31. The second-order valence-electron chi connectivity index (χ2n) is 4.11. The number of amides is 1. The van der Waals surface area contributed by atoms with Crippen molar-refractivity contribution < 1.29 is 9.18 Å². The molecule has 3 N–H and O–H groups in total. The molecule has 1 aromatic carbocycles. The average molecular weight is 317 g/mol. The van der Waals surface area contributed by atoms with Crippen LogP contribution < -0.4 is 11.1 Å². The molecule has 0 aromatic heterocycles. The van der Waals surface area contributed by atoms with Gasteiger partial charge in [-0.25, -0.2) is 4.39 Å². The van der Waals surface area contributed by atoms with Gasteiger partial charge in [0.25, 0.3) is 0 Å². The van der Waals surface area contributed by atoms with E-state index in [0.717, 1.165) is 23.7 Å². The van der Waals surface area contributed by atoms with Crippen molar-refractivity contribution >= 4 is 21.8 Å². The normalized spacial score (nSPS) is 10.4. The van der Waals surface area contributed by atoms with Crippen LogP contribution in [0.5, 0.6) is 0 Å². The number of nitrogens with two attached hydrogens (primary N) is 1. The van der Waals surface area contributed by atoms with Crippen molar-refractivity contribution in [3.63, 3.8) is 0 Å². The summed E-state index contributed by atoms with van der Waals surface area (Å²) in [6, 6.07) is 4.68. The molecule has 0 radical (unpaired) electrons. The first-order valence-electron chi connectivity index (χ1n) is 6.04. The lowest BCUT2D eigenvalue weighted by Gasteiger charge is -2.06. The zero-order valence-corrected chi connectivity index (χ0v) is 11.8. The van der Waals surface area contributed by atoms with Gasteiger partial charge in [-0.3, -0.25) is 4.79 Å². The fraction of sp³-hybridized carbons (Fsp3) is 0.462. The van der Waals surface area contributed by atoms with Crippen LogP contribution in [0, 0.1) is 5.82 Å². The molecule has 0 fully saturated rings. The predicted octanol–water partition coefficient (Wildman–Crippen LogP) is 2.72. The summed E-state index contributed by atoms with van der Waals surface area (Å²) in [5.74, 6) is -0.354. The number of halogens is 2. The molecule has 0 aliphatic heterocycles. The van der Waals surface area contributed by atoms with E-state index in [1.807, 2.05) is 0 Å². The molecule has 0 spiro atoms. The van der Waals surface area contributed by atoms with Gasteiger partial charge in [0.2, 0.25) is 5.91 Å². The molecule has 0 saturated heterocycles. The second kappa shape index (κ2) is 8.21. The summed E-state index contributed by atoms with van der Waals surface area (Å²) in [6.45, 7) is 0.881. The van der Waals surface area contributed by atoms with Gasteiger partial charge in [0.1, 0.15) is 5.82 Å². The number of hydrogen-bond acceptors (Lipinski definition) is 2. The van der Waals surface area contributed by atoms with Gasteiger partial charge < -0.3 is 11.1 Å². The van der Waals surface area contributed by atoms with Gasteiger partial charge in [-0.1, -0.05) is 22.4 Å². The van der Waals surface area contributed by atoms with Crippen molar-refractivity contribution in [3.05, 3.63) is 34.1 Å². The van der Waals surface area contributed by atoms with Gasteiger partial charge in [0, 0.05) is 23.0 Å². The molecule has 1 rings (SSSR count). The molecule has 0 atom stereocenters. The van der Waals surface area contributed by atoms with Gasteiger partial charge in [-0.2, -0.15) is 0 Å². The van der Waals surface area contributed by atoms with Gasteiger partial charge >= 0.3 is 0 Å². The standard InChI is InChI=1S/C13H18BrFN2O/c14-11-5-6-12(15)10(8-11)9-17-13(18)4-2-1-3-7-16/h5-6,8H,1-4,7,9,16H2,(H,17,18). The smallest absolute Gasteiger partial charge is 0.220 e. The Labute approximate surface area is 115 Å². The van der Waals surface area contributed by atoms with Gasteiger partial charge in [-0.15, -0.1) is 0 Å².